The number of anilines is 2. The Morgan fingerprint density at radius 2 is 1.89 bits per heavy atom. The Balaban J connectivity index is 1.89. The second-order valence-corrected chi connectivity index (χ2v) is 8.34. The molecule has 1 heterocycles. The van der Waals surface area contributed by atoms with Crippen LogP contribution in [0.5, 0.6) is 11.5 Å². The van der Waals surface area contributed by atoms with Crippen LogP contribution in [0.25, 0.3) is 0 Å². The van der Waals surface area contributed by atoms with Crippen LogP contribution in [-0.4, -0.2) is 40.8 Å². The molecule has 1 aliphatic heterocycles. The van der Waals surface area contributed by atoms with Gasteiger partial charge in [-0.3, -0.25) is 9.10 Å². The molecule has 0 bridgehead atoms. The lowest BCUT2D eigenvalue weighted by molar-refractivity contribution is 0.102. The molecule has 0 aliphatic carbocycles. The molecule has 0 spiro atoms. The average molecular weight is 390 g/mol. The molecule has 1 aliphatic rings. The van der Waals surface area contributed by atoms with E-state index in [1.807, 2.05) is 6.92 Å². The highest BCUT2D eigenvalue weighted by molar-refractivity contribution is 7.92. The predicted molar refractivity (Wildman–Crippen MR) is 104 cm³/mol. The van der Waals surface area contributed by atoms with Crippen molar-refractivity contribution in [2.45, 2.75) is 19.4 Å². The molecule has 0 saturated heterocycles. The third kappa shape index (κ3) is 3.71. The van der Waals surface area contributed by atoms with Crippen LogP contribution < -0.4 is 19.1 Å². The maximum atomic E-state index is 12.7. The second-order valence-electron chi connectivity index (χ2n) is 6.48. The van der Waals surface area contributed by atoms with Gasteiger partial charge in [0.2, 0.25) is 10.0 Å². The van der Waals surface area contributed by atoms with E-state index >= 15 is 0 Å². The predicted octanol–water partition coefficient (Wildman–Crippen LogP) is 2.67. The summed E-state index contributed by atoms with van der Waals surface area (Å²) in [5.74, 6) is 0.801. The van der Waals surface area contributed by atoms with E-state index < -0.39 is 10.0 Å². The molecule has 144 valence electrons. The van der Waals surface area contributed by atoms with E-state index in [4.69, 9.17) is 9.47 Å². The maximum Gasteiger partial charge on any atom is 0.255 e. The summed E-state index contributed by atoms with van der Waals surface area (Å²) in [6, 6.07) is 9.99. The van der Waals surface area contributed by atoms with Crippen LogP contribution in [0.15, 0.2) is 36.4 Å². The van der Waals surface area contributed by atoms with Crippen molar-refractivity contribution < 1.29 is 22.7 Å². The molecule has 27 heavy (non-hydrogen) atoms. The number of methoxy groups -OCH3 is 2. The maximum absolute atomic E-state index is 12.7. The van der Waals surface area contributed by atoms with E-state index in [1.165, 1.54) is 17.7 Å². The van der Waals surface area contributed by atoms with Gasteiger partial charge >= 0.3 is 0 Å². The zero-order valence-corrected chi connectivity index (χ0v) is 16.5. The van der Waals surface area contributed by atoms with Crippen LogP contribution in [0, 0.1) is 0 Å². The summed E-state index contributed by atoms with van der Waals surface area (Å²) in [5, 5.41) is 2.82. The summed E-state index contributed by atoms with van der Waals surface area (Å²) in [6.07, 6.45) is 1.75. The van der Waals surface area contributed by atoms with Crippen LogP contribution in [-0.2, 0) is 16.4 Å². The quantitative estimate of drug-likeness (QED) is 0.848. The molecular formula is C19H22N2O5S. The molecule has 1 N–H and O–H groups in total. The number of nitrogens with one attached hydrogen (secondary N) is 1. The Bertz CT molecular complexity index is 988. The first-order chi connectivity index (χ1) is 12.7. The number of carbonyl (C=O) groups is 1. The SMILES string of the molecule is COc1ccc(OC)c(NC(=O)c2ccc3c(c2)C[C@H](C)N3S(C)(=O)=O)c1. The number of fused-ring (bicyclic) bond motifs is 1. The summed E-state index contributed by atoms with van der Waals surface area (Å²) < 4.78 is 35.9. The lowest BCUT2D eigenvalue weighted by Gasteiger charge is -2.21. The fourth-order valence-corrected chi connectivity index (χ4v) is 4.62. The molecule has 2 aromatic rings. The third-order valence-electron chi connectivity index (χ3n) is 4.51. The average Bonchev–Trinajstić information content (AvgIpc) is 2.96. The Morgan fingerprint density at radius 1 is 1.15 bits per heavy atom. The molecular weight excluding hydrogens is 368 g/mol. The molecule has 1 amide bonds. The Hall–Kier alpha value is -2.74. The highest BCUT2D eigenvalue weighted by atomic mass is 32.2. The number of rotatable bonds is 5. The van der Waals surface area contributed by atoms with Crippen molar-refractivity contribution in [1.82, 2.24) is 0 Å². The van der Waals surface area contributed by atoms with E-state index in [9.17, 15) is 13.2 Å². The van der Waals surface area contributed by atoms with Crippen molar-refractivity contribution in [2.75, 3.05) is 30.1 Å². The molecule has 0 saturated carbocycles. The van der Waals surface area contributed by atoms with E-state index in [0.29, 0.717) is 34.9 Å². The Labute approximate surface area is 158 Å². The molecule has 7 nitrogen and oxygen atoms in total. The number of hydrogen-bond acceptors (Lipinski definition) is 5. The molecule has 0 radical (unpaired) electrons. The first-order valence-corrected chi connectivity index (χ1v) is 10.2. The van der Waals surface area contributed by atoms with Crippen molar-refractivity contribution in [3.8, 4) is 11.5 Å². The molecule has 3 rings (SSSR count). The first kappa shape index (κ1) is 19.0. The van der Waals surface area contributed by atoms with Crippen molar-refractivity contribution in [1.29, 1.82) is 0 Å². The first-order valence-electron chi connectivity index (χ1n) is 8.40. The third-order valence-corrected chi connectivity index (χ3v) is 5.78. The van der Waals surface area contributed by atoms with Crippen molar-refractivity contribution >= 4 is 27.3 Å². The van der Waals surface area contributed by atoms with Gasteiger partial charge in [-0.2, -0.15) is 0 Å². The smallest absolute Gasteiger partial charge is 0.255 e. The van der Waals surface area contributed by atoms with Gasteiger partial charge in [-0.15, -0.1) is 0 Å². The highest BCUT2D eigenvalue weighted by Gasteiger charge is 2.32. The number of carbonyl (C=O) groups excluding carboxylic acids is 1. The van der Waals surface area contributed by atoms with Gasteiger partial charge in [0.1, 0.15) is 11.5 Å². The lowest BCUT2D eigenvalue weighted by atomic mass is 10.1. The largest absolute Gasteiger partial charge is 0.497 e. The summed E-state index contributed by atoms with van der Waals surface area (Å²) in [5.41, 5.74) is 2.40. The number of sulfonamides is 1. The summed E-state index contributed by atoms with van der Waals surface area (Å²) in [6.45, 7) is 1.85. The van der Waals surface area contributed by atoms with Crippen LogP contribution >= 0.6 is 0 Å². The van der Waals surface area contributed by atoms with Crippen LogP contribution in [0.4, 0.5) is 11.4 Å². The van der Waals surface area contributed by atoms with E-state index in [-0.39, 0.29) is 11.9 Å². The molecule has 0 unspecified atom stereocenters. The van der Waals surface area contributed by atoms with Crippen LogP contribution in [0.2, 0.25) is 0 Å². The van der Waals surface area contributed by atoms with Crippen LogP contribution in [0.3, 0.4) is 0 Å². The molecule has 0 fully saturated rings. The van der Waals surface area contributed by atoms with Crippen LogP contribution in [0.1, 0.15) is 22.8 Å². The van der Waals surface area contributed by atoms with Gasteiger partial charge in [0, 0.05) is 17.7 Å². The van der Waals surface area contributed by atoms with Gasteiger partial charge in [0.05, 0.1) is 31.9 Å². The minimum atomic E-state index is -3.36. The van der Waals surface area contributed by atoms with Gasteiger partial charge in [0.25, 0.3) is 5.91 Å². The normalized spacial score (nSPS) is 16.0. The molecule has 8 heteroatoms. The zero-order valence-electron chi connectivity index (χ0n) is 15.6. The van der Waals surface area contributed by atoms with Gasteiger partial charge in [-0.25, -0.2) is 8.42 Å². The number of benzene rings is 2. The molecule has 1 atom stereocenters. The standard InChI is InChI=1S/C19H22N2O5S/c1-12-9-14-10-13(5-7-17(14)21(12)27(4,23)24)19(22)20-16-11-15(25-2)6-8-18(16)26-3/h5-8,10-12H,9H2,1-4H3,(H,20,22)/t12-/m0/s1. The lowest BCUT2D eigenvalue weighted by Crippen LogP contribution is -2.34. The molecule has 0 aromatic heterocycles. The van der Waals surface area contributed by atoms with Gasteiger partial charge in [-0.1, -0.05) is 0 Å². The summed E-state index contributed by atoms with van der Waals surface area (Å²) >= 11 is 0. The number of ether oxygens (including phenoxy) is 2. The number of amides is 1. The topological polar surface area (TPSA) is 84.9 Å². The van der Waals surface area contributed by atoms with Gasteiger partial charge < -0.3 is 14.8 Å². The van der Waals surface area contributed by atoms with E-state index in [0.717, 1.165) is 5.56 Å². The van der Waals surface area contributed by atoms with E-state index in [2.05, 4.69) is 5.32 Å². The highest BCUT2D eigenvalue weighted by Crippen LogP contribution is 2.35. The van der Waals surface area contributed by atoms with Crippen molar-refractivity contribution in [3.05, 3.63) is 47.5 Å². The summed E-state index contributed by atoms with van der Waals surface area (Å²) in [4.78, 5) is 12.7. The second kappa shape index (κ2) is 7.11. The minimum absolute atomic E-state index is 0.174. The van der Waals surface area contributed by atoms with Gasteiger partial charge in [0.15, 0.2) is 0 Å². The Morgan fingerprint density at radius 3 is 2.52 bits per heavy atom. The minimum Gasteiger partial charge on any atom is -0.497 e. The van der Waals surface area contributed by atoms with E-state index in [1.54, 1.807) is 43.5 Å². The summed E-state index contributed by atoms with van der Waals surface area (Å²) in [7, 11) is -0.295. The zero-order chi connectivity index (χ0) is 19.8. The Kier molecular flexibility index (Phi) is 5.01. The van der Waals surface area contributed by atoms with Gasteiger partial charge in [-0.05, 0) is 49.2 Å². The number of hydrogen-bond donors (Lipinski definition) is 1. The number of nitrogens with zero attached hydrogens (tertiary/aromatic N) is 1. The monoisotopic (exact) mass is 390 g/mol. The fraction of sp³-hybridized carbons (Fsp3) is 0.316. The van der Waals surface area contributed by atoms with Crippen molar-refractivity contribution in [2.24, 2.45) is 0 Å². The van der Waals surface area contributed by atoms with Crippen molar-refractivity contribution in [3.63, 3.8) is 0 Å². The fourth-order valence-electron chi connectivity index (χ4n) is 3.36. The molecule has 2 aromatic carbocycles.